The van der Waals surface area contributed by atoms with Gasteiger partial charge in [0.25, 0.3) is 0 Å². The lowest BCUT2D eigenvalue weighted by atomic mass is 10.0. The highest BCUT2D eigenvalue weighted by Crippen LogP contribution is 2.29. The molecule has 0 saturated carbocycles. The lowest BCUT2D eigenvalue weighted by Gasteiger charge is -2.25. The molecular weight excluding hydrogens is 280 g/mol. The van der Waals surface area contributed by atoms with E-state index in [4.69, 9.17) is 5.73 Å². The fourth-order valence-electron chi connectivity index (χ4n) is 2.52. The van der Waals surface area contributed by atoms with Crippen LogP contribution in [0.1, 0.15) is 18.9 Å². The lowest BCUT2D eigenvalue weighted by Crippen LogP contribution is -2.34. The molecule has 3 nitrogen and oxygen atoms in total. The van der Waals surface area contributed by atoms with E-state index < -0.39 is 0 Å². The molecule has 17 heavy (non-hydrogen) atoms. The molecule has 2 rings (SSSR count). The van der Waals surface area contributed by atoms with Crippen molar-refractivity contribution in [3.63, 3.8) is 0 Å². The normalized spacial score (nSPS) is 25.4. The van der Waals surface area contributed by atoms with E-state index in [1.807, 2.05) is 12.1 Å². The predicted molar refractivity (Wildman–Crippen MR) is 73.6 cm³/mol. The van der Waals surface area contributed by atoms with Gasteiger partial charge < -0.3 is 10.8 Å². The Labute approximate surface area is 111 Å². The third-order valence-corrected chi connectivity index (χ3v) is 4.63. The molecule has 3 N–H and O–H groups in total. The molecular formula is C13H19BrN2O. The highest BCUT2D eigenvalue weighted by Gasteiger charge is 2.30. The molecule has 1 aromatic carbocycles. The van der Waals surface area contributed by atoms with E-state index in [9.17, 15) is 5.11 Å². The number of hydrogen-bond donors (Lipinski definition) is 2. The summed E-state index contributed by atoms with van der Waals surface area (Å²) in [5.74, 6) is 0.569. The molecule has 1 aliphatic heterocycles. The largest absolute Gasteiger partial charge is 0.398 e. The number of hydrogen-bond acceptors (Lipinski definition) is 3. The zero-order valence-corrected chi connectivity index (χ0v) is 11.7. The highest BCUT2D eigenvalue weighted by atomic mass is 79.9. The van der Waals surface area contributed by atoms with Crippen LogP contribution in [0.5, 0.6) is 0 Å². The number of rotatable bonds is 3. The first kappa shape index (κ1) is 12.9. The molecule has 0 aromatic heterocycles. The van der Waals surface area contributed by atoms with E-state index >= 15 is 0 Å². The first-order valence-corrected chi connectivity index (χ1v) is 6.80. The number of aliphatic hydroxyl groups excluding tert-OH is 1. The van der Waals surface area contributed by atoms with Gasteiger partial charge in [0.2, 0.25) is 0 Å². The number of likely N-dealkylation sites (tertiary alicyclic amines) is 1. The Morgan fingerprint density at radius 2 is 2.29 bits per heavy atom. The van der Waals surface area contributed by atoms with E-state index in [2.05, 4.69) is 33.8 Å². The van der Waals surface area contributed by atoms with Crippen LogP contribution in [0.15, 0.2) is 22.7 Å². The lowest BCUT2D eigenvalue weighted by molar-refractivity contribution is 0.134. The van der Waals surface area contributed by atoms with Crippen molar-refractivity contribution in [2.45, 2.75) is 25.9 Å². The summed E-state index contributed by atoms with van der Waals surface area (Å²) in [5, 5.41) is 9.43. The third kappa shape index (κ3) is 2.64. The van der Waals surface area contributed by atoms with Gasteiger partial charge in [-0.2, -0.15) is 0 Å². The predicted octanol–water partition coefficient (Wildman–Crippen LogP) is 2.23. The van der Waals surface area contributed by atoms with Crippen molar-refractivity contribution in [2.24, 2.45) is 5.92 Å². The first-order chi connectivity index (χ1) is 8.13. The minimum Gasteiger partial charge on any atom is -0.398 e. The van der Waals surface area contributed by atoms with Crippen LogP contribution in [-0.4, -0.2) is 29.2 Å². The Bertz CT molecular complexity index is 397. The van der Waals surface area contributed by atoms with Crippen molar-refractivity contribution in [1.82, 2.24) is 4.90 Å². The van der Waals surface area contributed by atoms with E-state index in [0.29, 0.717) is 5.92 Å². The molecule has 1 saturated heterocycles. The van der Waals surface area contributed by atoms with Crippen LogP contribution in [0.25, 0.3) is 0 Å². The smallest absolute Gasteiger partial charge is 0.0589 e. The molecule has 1 aliphatic rings. The molecule has 1 fully saturated rings. The molecule has 94 valence electrons. The van der Waals surface area contributed by atoms with Crippen LogP contribution < -0.4 is 5.73 Å². The fraction of sp³-hybridized carbons (Fsp3) is 0.538. The van der Waals surface area contributed by atoms with Crippen molar-refractivity contribution < 1.29 is 5.11 Å². The molecule has 2 atom stereocenters. The van der Waals surface area contributed by atoms with Gasteiger partial charge in [0.15, 0.2) is 0 Å². The second-order valence-electron chi connectivity index (χ2n) is 4.81. The maximum absolute atomic E-state index is 9.43. The molecule has 0 amide bonds. The topological polar surface area (TPSA) is 49.5 Å². The maximum Gasteiger partial charge on any atom is 0.0589 e. The van der Waals surface area contributed by atoms with Gasteiger partial charge in [-0.1, -0.05) is 19.1 Å². The second-order valence-corrected chi connectivity index (χ2v) is 5.60. The van der Waals surface area contributed by atoms with Crippen LogP contribution in [0.2, 0.25) is 0 Å². The van der Waals surface area contributed by atoms with E-state index in [1.54, 1.807) is 0 Å². The van der Waals surface area contributed by atoms with Crippen molar-refractivity contribution >= 4 is 21.6 Å². The first-order valence-electron chi connectivity index (χ1n) is 6.01. The van der Waals surface area contributed by atoms with Crippen LogP contribution in [0.3, 0.4) is 0 Å². The highest BCUT2D eigenvalue weighted by molar-refractivity contribution is 9.10. The monoisotopic (exact) mass is 298 g/mol. The molecule has 0 aliphatic carbocycles. The number of anilines is 1. The van der Waals surface area contributed by atoms with Gasteiger partial charge >= 0.3 is 0 Å². The number of nitrogen functional groups attached to an aromatic ring is 1. The summed E-state index contributed by atoms with van der Waals surface area (Å²) in [7, 11) is 0. The van der Waals surface area contributed by atoms with Crippen LogP contribution in [0.4, 0.5) is 5.69 Å². The summed E-state index contributed by atoms with van der Waals surface area (Å²) in [6.45, 7) is 4.34. The van der Waals surface area contributed by atoms with Gasteiger partial charge in [0.05, 0.1) is 6.61 Å². The zero-order chi connectivity index (χ0) is 12.4. The maximum atomic E-state index is 9.43. The van der Waals surface area contributed by atoms with Crippen LogP contribution in [0, 0.1) is 5.92 Å². The summed E-state index contributed by atoms with van der Waals surface area (Å²) in [6, 6.07) is 6.23. The Kier molecular flexibility index (Phi) is 4.07. The third-order valence-electron chi connectivity index (χ3n) is 3.67. The van der Waals surface area contributed by atoms with Crippen molar-refractivity contribution in [1.29, 1.82) is 0 Å². The molecule has 4 heteroatoms. The second kappa shape index (κ2) is 5.38. The van der Waals surface area contributed by atoms with E-state index in [1.165, 1.54) is 5.56 Å². The minimum absolute atomic E-state index is 0.237. The molecule has 2 unspecified atom stereocenters. The number of nitrogens with two attached hydrogens (primary N) is 1. The van der Waals surface area contributed by atoms with Crippen molar-refractivity contribution in [3.8, 4) is 0 Å². The average Bonchev–Trinajstić information content (AvgIpc) is 2.66. The number of benzene rings is 1. The average molecular weight is 299 g/mol. The van der Waals surface area contributed by atoms with Crippen molar-refractivity contribution in [2.75, 3.05) is 18.9 Å². The number of nitrogens with zero attached hydrogens (tertiary/aromatic N) is 1. The van der Waals surface area contributed by atoms with Gasteiger partial charge in [-0.15, -0.1) is 0 Å². The Balaban J connectivity index is 2.13. The molecule has 1 heterocycles. The van der Waals surface area contributed by atoms with Crippen molar-refractivity contribution in [3.05, 3.63) is 28.2 Å². The minimum atomic E-state index is 0.237. The molecule has 0 bridgehead atoms. The standard InChI is InChI=1S/C13H19BrN2O/c1-9-5-6-16(12(9)8-17)7-10-3-2-4-11(15)13(10)14/h2-4,9,12,17H,5-8,15H2,1H3. The Hall–Kier alpha value is -0.580. The van der Waals surface area contributed by atoms with Crippen LogP contribution in [-0.2, 0) is 6.54 Å². The summed E-state index contributed by atoms with van der Waals surface area (Å²) >= 11 is 3.53. The summed E-state index contributed by atoms with van der Waals surface area (Å²) < 4.78 is 0.983. The SMILES string of the molecule is CC1CCN(Cc2cccc(N)c2Br)C1CO. The van der Waals surface area contributed by atoms with Gasteiger partial charge in [0.1, 0.15) is 0 Å². The Morgan fingerprint density at radius 1 is 1.53 bits per heavy atom. The fourth-order valence-corrected chi connectivity index (χ4v) is 2.91. The number of halogens is 1. The zero-order valence-electron chi connectivity index (χ0n) is 10.1. The van der Waals surface area contributed by atoms with Gasteiger partial charge in [-0.3, -0.25) is 4.90 Å². The van der Waals surface area contributed by atoms with Crippen LogP contribution >= 0.6 is 15.9 Å². The number of aliphatic hydroxyl groups is 1. The summed E-state index contributed by atoms with van der Waals surface area (Å²) in [4.78, 5) is 2.34. The van der Waals surface area contributed by atoms with E-state index in [-0.39, 0.29) is 12.6 Å². The molecule has 0 spiro atoms. The Morgan fingerprint density at radius 3 is 3.00 bits per heavy atom. The van der Waals surface area contributed by atoms with Gasteiger partial charge in [-0.25, -0.2) is 0 Å². The molecule has 1 aromatic rings. The van der Waals surface area contributed by atoms with Gasteiger partial charge in [0, 0.05) is 22.7 Å². The summed E-state index contributed by atoms with van der Waals surface area (Å²) in [5.41, 5.74) is 7.84. The summed E-state index contributed by atoms with van der Waals surface area (Å²) in [6.07, 6.45) is 1.16. The quantitative estimate of drug-likeness (QED) is 0.842. The van der Waals surface area contributed by atoms with Gasteiger partial charge in [-0.05, 0) is 46.4 Å². The molecule has 0 radical (unpaired) electrons. The van der Waals surface area contributed by atoms with E-state index in [0.717, 1.165) is 29.7 Å².